The summed E-state index contributed by atoms with van der Waals surface area (Å²) >= 11 is 0. The van der Waals surface area contributed by atoms with Gasteiger partial charge >= 0.3 is 0 Å². The first-order chi connectivity index (χ1) is 7.25. The average molecular weight is 210 g/mol. The van der Waals surface area contributed by atoms with Crippen molar-refractivity contribution >= 4 is 0 Å². The Hall–Kier alpha value is -1.16. The highest BCUT2D eigenvalue weighted by atomic mass is 19.1. The number of aromatic nitrogens is 1. The quantitative estimate of drug-likeness (QED) is 0.789. The summed E-state index contributed by atoms with van der Waals surface area (Å²) in [4.78, 5) is 11.4. The number of pyridine rings is 1. The van der Waals surface area contributed by atoms with E-state index in [1.165, 1.54) is 22.9 Å². The molecule has 0 bridgehead atoms. The summed E-state index contributed by atoms with van der Waals surface area (Å²) in [7, 11) is 0. The van der Waals surface area contributed by atoms with Crippen LogP contribution < -0.4 is 10.9 Å². The lowest BCUT2D eigenvalue weighted by Gasteiger charge is -2.23. The number of nitrogens with one attached hydrogen (secondary N) is 1. The van der Waals surface area contributed by atoms with Crippen LogP contribution in [0.3, 0.4) is 0 Å². The highest BCUT2D eigenvalue weighted by molar-refractivity contribution is 4.96. The maximum absolute atomic E-state index is 12.9. The molecule has 1 aliphatic heterocycles. The number of halogens is 1. The molecule has 0 unspecified atom stereocenters. The lowest BCUT2D eigenvalue weighted by molar-refractivity contribution is 0.328. The molecule has 0 amide bonds. The molecule has 2 rings (SSSR count). The maximum Gasteiger partial charge on any atom is 0.250 e. The van der Waals surface area contributed by atoms with Crippen LogP contribution in [-0.2, 0) is 6.54 Å². The molecule has 1 aromatic rings. The van der Waals surface area contributed by atoms with Crippen molar-refractivity contribution in [2.45, 2.75) is 19.4 Å². The van der Waals surface area contributed by atoms with Crippen LogP contribution in [0, 0.1) is 11.7 Å². The number of hydrogen-bond donors (Lipinski definition) is 1. The largest absolute Gasteiger partial charge is 0.317 e. The van der Waals surface area contributed by atoms with Gasteiger partial charge < -0.3 is 9.88 Å². The van der Waals surface area contributed by atoms with Gasteiger partial charge in [-0.15, -0.1) is 0 Å². The van der Waals surface area contributed by atoms with E-state index >= 15 is 0 Å². The van der Waals surface area contributed by atoms with Crippen molar-refractivity contribution in [1.29, 1.82) is 0 Å². The second-order valence-corrected chi connectivity index (χ2v) is 4.03. The van der Waals surface area contributed by atoms with Crippen LogP contribution in [0.1, 0.15) is 12.8 Å². The normalized spacial score (nSPS) is 17.9. The van der Waals surface area contributed by atoms with Gasteiger partial charge in [0, 0.05) is 18.8 Å². The predicted octanol–water partition coefficient (Wildman–Crippen LogP) is 0.987. The summed E-state index contributed by atoms with van der Waals surface area (Å²) < 4.78 is 14.4. The average Bonchev–Trinajstić information content (AvgIpc) is 2.25. The van der Waals surface area contributed by atoms with Gasteiger partial charge in [0.25, 0.3) is 5.56 Å². The Kier molecular flexibility index (Phi) is 3.16. The van der Waals surface area contributed by atoms with Gasteiger partial charge in [0.1, 0.15) is 5.82 Å². The van der Waals surface area contributed by atoms with Crippen molar-refractivity contribution in [1.82, 2.24) is 9.88 Å². The molecule has 1 aromatic heterocycles. The van der Waals surface area contributed by atoms with Crippen LogP contribution in [0.4, 0.5) is 4.39 Å². The molecule has 82 valence electrons. The number of nitrogens with zero attached hydrogens (tertiary/aromatic N) is 1. The topological polar surface area (TPSA) is 34.0 Å². The maximum atomic E-state index is 12.9. The van der Waals surface area contributed by atoms with E-state index in [0.717, 1.165) is 25.9 Å². The molecule has 3 nitrogen and oxygen atoms in total. The minimum atomic E-state index is -0.344. The summed E-state index contributed by atoms with van der Waals surface area (Å²) in [6.07, 6.45) is 3.41. The zero-order valence-electron chi connectivity index (χ0n) is 8.58. The molecule has 1 saturated heterocycles. The van der Waals surface area contributed by atoms with Crippen molar-refractivity contribution in [2.24, 2.45) is 5.92 Å². The Bertz CT molecular complexity index is 382. The summed E-state index contributed by atoms with van der Waals surface area (Å²) in [6.45, 7) is 2.63. The van der Waals surface area contributed by atoms with Crippen LogP contribution in [0.15, 0.2) is 23.1 Å². The molecular formula is C11H15FN2O. The van der Waals surface area contributed by atoms with Gasteiger partial charge in [-0.1, -0.05) is 0 Å². The Labute approximate surface area is 87.9 Å². The van der Waals surface area contributed by atoms with Gasteiger partial charge in [0.05, 0.1) is 0 Å². The fraction of sp³-hybridized carbons (Fsp3) is 0.545. The van der Waals surface area contributed by atoms with E-state index in [0.29, 0.717) is 12.5 Å². The molecular weight excluding hydrogens is 195 g/mol. The lowest BCUT2D eigenvalue weighted by atomic mass is 9.98. The molecule has 0 atom stereocenters. The minimum Gasteiger partial charge on any atom is -0.317 e. The van der Waals surface area contributed by atoms with Crippen molar-refractivity contribution in [3.8, 4) is 0 Å². The summed E-state index contributed by atoms with van der Waals surface area (Å²) in [5.41, 5.74) is -0.116. The first-order valence-corrected chi connectivity index (χ1v) is 5.32. The highest BCUT2D eigenvalue weighted by Gasteiger charge is 2.13. The van der Waals surface area contributed by atoms with Gasteiger partial charge in [0.2, 0.25) is 0 Å². The van der Waals surface area contributed by atoms with Crippen molar-refractivity contribution in [3.63, 3.8) is 0 Å². The van der Waals surface area contributed by atoms with Crippen molar-refractivity contribution in [2.75, 3.05) is 13.1 Å². The zero-order valence-corrected chi connectivity index (χ0v) is 8.58. The first kappa shape index (κ1) is 10.4. The SMILES string of the molecule is O=c1ccc(F)cn1CC1CCNCC1. The molecule has 2 heterocycles. The van der Waals surface area contributed by atoms with Crippen LogP contribution in [-0.4, -0.2) is 17.7 Å². The molecule has 0 spiro atoms. The van der Waals surface area contributed by atoms with E-state index in [1.54, 1.807) is 0 Å². The van der Waals surface area contributed by atoms with E-state index in [2.05, 4.69) is 5.32 Å². The monoisotopic (exact) mass is 210 g/mol. The van der Waals surface area contributed by atoms with Crippen molar-refractivity contribution in [3.05, 3.63) is 34.5 Å². The molecule has 0 aliphatic carbocycles. The third-order valence-corrected chi connectivity index (χ3v) is 2.86. The van der Waals surface area contributed by atoms with Gasteiger partial charge in [0.15, 0.2) is 0 Å². The Balaban J connectivity index is 2.09. The van der Waals surface area contributed by atoms with E-state index < -0.39 is 0 Å². The summed E-state index contributed by atoms with van der Waals surface area (Å²) in [5.74, 6) is 0.147. The molecule has 1 aliphatic rings. The molecule has 0 radical (unpaired) electrons. The number of piperidine rings is 1. The van der Waals surface area contributed by atoms with E-state index in [-0.39, 0.29) is 11.4 Å². The van der Waals surface area contributed by atoms with Crippen LogP contribution >= 0.6 is 0 Å². The van der Waals surface area contributed by atoms with Gasteiger partial charge in [-0.3, -0.25) is 4.79 Å². The van der Waals surface area contributed by atoms with Crippen LogP contribution in [0.2, 0.25) is 0 Å². The zero-order chi connectivity index (χ0) is 10.7. The molecule has 4 heteroatoms. The van der Waals surface area contributed by atoms with Crippen molar-refractivity contribution < 1.29 is 4.39 Å². The Morgan fingerprint density at radius 3 is 2.87 bits per heavy atom. The molecule has 1 fully saturated rings. The summed E-state index contributed by atoms with van der Waals surface area (Å²) in [6, 6.07) is 2.50. The second kappa shape index (κ2) is 4.57. The molecule has 0 aromatic carbocycles. The number of hydrogen-bond acceptors (Lipinski definition) is 2. The Morgan fingerprint density at radius 1 is 1.40 bits per heavy atom. The molecule has 1 N–H and O–H groups in total. The first-order valence-electron chi connectivity index (χ1n) is 5.32. The smallest absolute Gasteiger partial charge is 0.250 e. The van der Waals surface area contributed by atoms with Crippen LogP contribution in [0.5, 0.6) is 0 Å². The fourth-order valence-corrected chi connectivity index (χ4v) is 1.99. The third kappa shape index (κ3) is 2.65. The highest BCUT2D eigenvalue weighted by Crippen LogP contribution is 2.13. The standard InChI is InChI=1S/C11H15FN2O/c12-10-1-2-11(15)14(8-10)7-9-3-5-13-6-4-9/h1-2,8-9,13H,3-7H2. The molecule has 0 saturated carbocycles. The summed E-state index contributed by atoms with van der Waals surface area (Å²) in [5, 5.41) is 3.27. The second-order valence-electron chi connectivity index (χ2n) is 4.03. The van der Waals surface area contributed by atoms with Crippen LogP contribution in [0.25, 0.3) is 0 Å². The van der Waals surface area contributed by atoms with E-state index in [1.807, 2.05) is 0 Å². The van der Waals surface area contributed by atoms with E-state index in [9.17, 15) is 9.18 Å². The van der Waals surface area contributed by atoms with Gasteiger partial charge in [-0.25, -0.2) is 4.39 Å². The van der Waals surface area contributed by atoms with Gasteiger partial charge in [-0.05, 0) is 37.9 Å². The predicted molar refractivity (Wildman–Crippen MR) is 56.3 cm³/mol. The Morgan fingerprint density at radius 2 is 2.13 bits per heavy atom. The molecule has 15 heavy (non-hydrogen) atoms. The minimum absolute atomic E-state index is 0.116. The third-order valence-electron chi connectivity index (χ3n) is 2.86. The van der Waals surface area contributed by atoms with Gasteiger partial charge in [-0.2, -0.15) is 0 Å². The van der Waals surface area contributed by atoms with E-state index in [4.69, 9.17) is 0 Å². The number of rotatable bonds is 2. The fourth-order valence-electron chi connectivity index (χ4n) is 1.99. The lowest BCUT2D eigenvalue weighted by Crippen LogP contribution is -2.32.